The van der Waals surface area contributed by atoms with Crippen molar-refractivity contribution in [1.82, 2.24) is 19.5 Å². The molecule has 6 heteroatoms. The van der Waals surface area contributed by atoms with Crippen LogP contribution in [0, 0.1) is 0 Å². The summed E-state index contributed by atoms with van der Waals surface area (Å²) in [6.07, 6.45) is 3.89. The van der Waals surface area contributed by atoms with Crippen molar-refractivity contribution < 1.29 is 0 Å². The van der Waals surface area contributed by atoms with Gasteiger partial charge in [0.25, 0.3) is 0 Å². The Kier molecular flexibility index (Phi) is 3.05. The monoisotopic (exact) mass is 340 g/mol. The van der Waals surface area contributed by atoms with E-state index in [9.17, 15) is 0 Å². The van der Waals surface area contributed by atoms with Crippen LogP contribution in [0.5, 0.6) is 0 Å². The van der Waals surface area contributed by atoms with E-state index in [1.807, 2.05) is 30.5 Å². The predicted octanol–water partition coefficient (Wildman–Crippen LogP) is 3.35. The highest BCUT2D eigenvalue weighted by molar-refractivity contribution is 6.10. The zero-order chi connectivity index (χ0) is 17.7. The van der Waals surface area contributed by atoms with E-state index in [0.717, 1.165) is 39.3 Å². The van der Waals surface area contributed by atoms with E-state index in [4.69, 9.17) is 11.5 Å². The van der Waals surface area contributed by atoms with Crippen molar-refractivity contribution in [2.45, 2.75) is 6.54 Å². The van der Waals surface area contributed by atoms with E-state index in [1.165, 1.54) is 5.56 Å². The second-order valence-electron chi connectivity index (χ2n) is 6.30. The van der Waals surface area contributed by atoms with Crippen LogP contribution in [0.4, 0.5) is 11.8 Å². The summed E-state index contributed by atoms with van der Waals surface area (Å²) >= 11 is 0. The summed E-state index contributed by atoms with van der Waals surface area (Å²) in [6, 6.07) is 16.3. The Labute approximate surface area is 149 Å². The minimum atomic E-state index is 0.190. The minimum absolute atomic E-state index is 0.190. The van der Waals surface area contributed by atoms with Crippen LogP contribution < -0.4 is 11.5 Å². The molecule has 0 aliphatic heterocycles. The summed E-state index contributed by atoms with van der Waals surface area (Å²) in [5.74, 6) is 0.596. The quantitative estimate of drug-likeness (QED) is 0.514. The first-order valence-corrected chi connectivity index (χ1v) is 8.34. The van der Waals surface area contributed by atoms with Gasteiger partial charge in [-0.1, -0.05) is 24.3 Å². The van der Waals surface area contributed by atoms with Crippen molar-refractivity contribution in [1.29, 1.82) is 0 Å². The van der Waals surface area contributed by atoms with Gasteiger partial charge in [0.15, 0.2) is 0 Å². The van der Waals surface area contributed by atoms with Gasteiger partial charge in [0.05, 0.1) is 16.4 Å². The van der Waals surface area contributed by atoms with Gasteiger partial charge in [-0.05, 0) is 29.8 Å². The molecule has 0 radical (unpaired) electrons. The SMILES string of the molecule is Nc1nc(N)c2c(ccc3c2ccn3Cc2cccc3cccnc23)n1. The third kappa shape index (κ3) is 2.16. The molecule has 26 heavy (non-hydrogen) atoms. The summed E-state index contributed by atoms with van der Waals surface area (Å²) in [7, 11) is 0. The molecule has 0 fully saturated rings. The lowest BCUT2D eigenvalue weighted by Crippen LogP contribution is -2.02. The highest BCUT2D eigenvalue weighted by atomic mass is 15.0. The van der Waals surface area contributed by atoms with E-state index in [2.05, 4.69) is 50.0 Å². The molecule has 3 aromatic heterocycles. The smallest absolute Gasteiger partial charge is 0.222 e. The molecule has 0 aliphatic rings. The molecule has 6 nitrogen and oxygen atoms in total. The van der Waals surface area contributed by atoms with E-state index in [1.54, 1.807) is 0 Å². The molecule has 5 aromatic rings. The number of rotatable bonds is 2. The number of benzene rings is 2. The maximum Gasteiger partial charge on any atom is 0.222 e. The van der Waals surface area contributed by atoms with Crippen LogP contribution in [0.2, 0.25) is 0 Å². The Hall–Kier alpha value is -3.67. The zero-order valence-corrected chi connectivity index (χ0v) is 13.9. The van der Waals surface area contributed by atoms with Crippen LogP contribution in [0.1, 0.15) is 5.56 Å². The molecule has 126 valence electrons. The number of pyridine rings is 1. The largest absolute Gasteiger partial charge is 0.383 e. The fourth-order valence-corrected chi connectivity index (χ4v) is 3.57. The molecule has 0 saturated carbocycles. The summed E-state index contributed by atoms with van der Waals surface area (Å²) in [6.45, 7) is 0.721. The number of nitrogens with two attached hydrogens (primary N) is 2. The molecular weight excluding hydrogens is 324 g/mol. The first kappa shape index (κ1) is 14.7. The maximum absolute atomic E-state index is 6.11. The molecule has 3 heterocycles. The molecule has 4 N–H and O–H groups in total. The Morgan fingerprint density at radius 2 is 1.81 bits per heavy atom. The molecule has 0 spiro atoms. The Morgan fingerprint density at radius 3 is 2.73 bits per heavy atom. The topological polar surface area (TPSA) is 95.6 Å². The molecule has 0 unspecified atom stereocenters. The lowest BCUT2D eigenvalue weighted by molar-refractivity contribution is 0.841. The van der Waals surface area contributed by atoms with E-state index < -0.39 is 0 Å². The molecule has 0 bridgehead atoms. The van der Waals surface area contributed by atoms with Gasteiger partial charge in [0.2, 0.25) is 5.95 Å². The van der Waals surface area contributed by atoms with Gasteiger partial charge >= 0.3 is 0 Å². The summed E-state index contributed by atoms with van der Waals surface area (Å²) < 4.78 is 2.19. The highest BCUT2D eigenvalue weighted by Gasteiger charge is 2.12. The van der Waals surface area contributed by atoms with Crippen LogP contribution in [0.15, 0.2) is 60.9 Å². The fraction of sp³-hybridized carbons (Fsp3) is 0.0500. The standard InChI is InChI=1S/C20H16N6/c21-19-17-14-8-10-26(16(14)7-6-15(17)24-20(22)25-19)11-13-4-1-3-12-5-2-9-23-18(12)13/h1-10H,11H2,(H4,21,22,24,25). The van der Waals surface area contributed by atoms with Gasteiger partial charge in [-0.25, -0.2) is 4.98 Å². The third-order valence-electron chi connectivity index (χ3n) is 4.71. The number of anilines is 2. The van der Waals surface area contributed by atoms with Crippen LogP contribution in [0.25, 0.3) is 32.7 Å². The van der Waals surface area contributed by atoms with E-state index in [0.29, 0.717) is 5.82 Å². The van der Waals surface area contributed by atoms with Crippen molar-refractivity contribution in [3.8, 4) is 0 Å². The first-order valence-electron chi connectivity index (χ1n) is 8.34. The van der Waals surface area contributed by atoms with Crippen molar-refractivity contribution in [3.05, 3.63) is 66.5 Å². The second-order valence-corrected chi connectivity index (χ2v) is 6.30. The number of nitrogen functional groups attached to an aromatic ring is 2. The van der Waals surface area contributed by atoms with Gasteiger partial charge in [0.1, 0.15) is 5.82 Å². The Bertz CT molecular complexity index is 1280. The average Bonchev–Trinajstić information content (AvgIpc) is 3.04. The molecule has 0 saturated heterocycles. The molecule has 2 aromatic carbocycles. The lowest BCUT2D eigenvalue weighted by Gasteiger charge is -2.09. The van der Waals surface area contributed by atoms with Crippen molar-refractivity contribution >= 4 is 44.5 Å². The maximum atomic E-state index is 6.11. The molecule has 0 atom stereocenters. The minimum Gasteiger partial charge on any atom is -0.383 e. The van der Waals surface area contributed by atoms with E-state index >= 15 is 0 Å². The number of hydrogen-bond acceptors (Lipinski definition) is 5. The summed E-state index contributed by atoms with van der Waals surface area (Å²) in [4.78, 5) is 12.9. The van der Waals surface area contributed by atoms with Crippen LogP contribution in [-0.4, -0.2) is 19.5 Å². The van der Waals surface area contributed by atoms with Crippen molar-refractivity contribution in [3.63, 3.8) is 0 Å². The predicted molar refractivity (Wildman–Crippen MR) is 105 cm³/mol. The fourth-order valence-electron chi connectivity index (χ4n) is 3.57. The lowest BCUT2D eigenvalue weighted by atomic mass is 10.1. The van der Waals surface area contributed by atoms with E-state index in [-0.39, 0.29) is 5.95 Å². The Morgan fingerprint density at radius 1 is 0.923 bits per heavy atom. The first-order chi connectivity index (χ1) is 12.7. The average molecular weight is 340 g/mol. The van der Waals surface area contributed by atoms with Gasteiger partial charge in [-0.3, -0.25) is 4.98 Å². The summed E-state index contributed by atoms with van der Waals surface area (Å²) in [5, 5.41) is 3.00. The molecule has 5 rings (SSSR count). The van der Waals surface area contributed by atoms with Crippen LogP contribution >= 0.6 is 0 Å². The van der Waals surface area contributed by atoms with Gasteiger partial charge < -0.3 is 16.0 Å². The zero-order valence-electron chi connectivity index (χ0n) is 13.9. The number of nitrogens with zero attached hydrogens (tertiary/aromatic N) is 4. The second kappa shape index (κ2) is 5.42. The number of para-hydroxylation sites is 1. The van der Waals surface area contributed by atoms with Gasteiger partial charge in [-0.15, -0.1) is 0 Å². The molecule has 0 aliphatic carbocycles. The van der Waals surface area contributed by atoms with Crippen LogP contribution in [0.3, 0.4) is 0 Å². The molecule has 0 amide bonds. The van der Waals surface area contributed by atoms with Gasteiger partial charge in [-0.2, -0.15) is 4.98 Å². The Balaban J connectivity index is 1.69. The van der Waals surface area contributed by atoms with Gasteiger partial charge in [0, 0.05) is 35.2 Å². The van der Waals surface area contributed by atoms with Crippen molar-refractivity contribution in [2.24, 2.45) is 0 Å². The summed E-state index contributed by atoms with van der Waals surface area (Å²) in [5.41, 5.74) is 15.8. The van der Waals surface area contributed by atoms with Crippen molar-refractivity contribution in [2.75, 3.05) is 11.5 Å². The number of fused-ring (bicyclic) bond motifs is 4. The number of hydrogen-bond donors (Lipinski definition) is 2. The number of aromatic nitrogens is 4. The third-order valence-corrected chi connectivity index (χ3v) is 4.71. The normalized spacial score (nSPS) is 11.5. The molecular formula is C20H16N6. The van der Waals surface area contributed by atoms with Crippen LogP contribution in [-0.2, 0) is 6.54 Å². The highest BCUT2D eigenvalue weighted by Crippen LogP contribution is 2.30.